The van der Waals surface area contributed by atoms with Crippen LogP contribution in [0.1, 0.15) is 53.5 Å². The maximum atomic E-state index is 13.9. The Morgan fingerprint density at radius 2 is 1.44 bits per heavy atom. The van der Waals surface area contributed by atoms with E-state index in [1.54, 1.807) is 13.8 Å². The Morgan fingerprint density at radius 3 is 1.90 bits per heavy atom. The number of carbonyl (C=O) groups excluding carboxylic acids is 5. The van der Waals surface area contributed by atoms with Crippen LogP contribution < -0.4 is 11.1 Å². The number of aliphatic hydroxyl groups excluding tert-OH is 1. The Hall–Kier alpha value is -3.31. The highest BCUT2D eigenvalue weighted by Crippen LogP contribution is 2.19. The predicted molar refractivity (Wildman–Crippen MR) is 157 cm³/mol. The average molecular weight is 576 g/mol. The summed E-state index contributed by atoms with van der Waals surface area (Å²) in [5.41, 5.74) is 6.66. The van der Waals surface area contributed by atoms with Crippen LogP contribution >= 0.6 is 0 Å². The van der Waals surface area contributed by atoms with Gasteiger partial charge in [-0.05, 0) is 44.1 Å². The lowest BCUT2D eigenvalue weighted by Gasteiger charge is -2.39. The molecule has 0 fully saturated rings. The van der Waals surface area contributed by atoms with Crippen LogP contribution in [0.5, 0.6) is 0 Å². The molecule has 0 aliphatic rings. The Bertz CT molecular complexity index is 1030. The van der Waals surface area contributed by atoms with Crippen LogP contribution in [0.2, 0.25) is 0 Å². The molecule has 6 atom stereocenters. The van der Waals surface area contributed by atoms with Gasteiger partial charge in [0, 0.05) is 21.1 Å². The van der Waals surface area contributed by atoms with E-state index in [1.807, 2.05) is 44.2 Å². The van der Waals surface area contributed by atoms with Crippen LogP contribution in [0.4, 0.5) is 0 Å². The van der Waals surface area contributed by atoms with E-state index in [2.05, 4.69) is 5.32 Å². The molecule has 0 aromatic heterocycles. The van der Waals surface area contributed by atoms with Gasteiger partial charge in [0.1, 0.15) is 30.5 Å². The zero-order valence-corrected chi connectivity index (χ0v) is 25.9. The first kappa shape index (κ1) is 35.7. The number of carbonyl (C=O) groups is 5. The Morgan fingerprint density at radius 1 is 0.878 bits per heavy atom. The monoisotopic (exact) mass is 575 g/mol. The molecule has 0 spiro atoms. The van der Waals surface area contributed by atoms with Crippen molar-refractivity contribution in [3.63, 3.8) is 0 Å². The van der Waals surface area contributed by atoms with E-state index in [1.165, 1.54) is 44.8 Å². The van der Waals surface area contributed by atoms with Gasteiger partial charge in [-0.2, -0.15) is 0 Å². The molecule has 4 amide bonds. The number of aldehydes is 1. The molecule has 0 aliphatic heterocycles. The summed E-state index contributed by atoms with van der Waals surface area (Å²) in [4.78, 5) is 69.0. The number of amides is 4. The molecule has 1 aromatic carbocycles. The van der Waals surface area contributed by atoms with Gasteiger partial charge >= 0.3 is 0 Å². The van der Waals surface area contributed by atoms with E-state index in [0.29, 0.717) is 19.1 Å². The zero-order chi connectivity index (χ0) is 31.6. The van der Waals surface area contributed by atoms with Crippen molar-refractivity contribution in [1.29, 1.82) is 0 Å². The van der Waals surface area contributed by atoms with Crippen LogP contribution in [0.25, 0.3) is 0 Å². The molecular weight excluding hydrogens is 526 g/mol. The quantitative estimate of drug-likeness (QED) is 0.262. The number of likely N-dealkylation sites (N-methyl/N-ethyl adjacent to an activating group) is 3. The number of aliphatic hydroxyl groups is 1. The summed E-state index contributed by atoms with van der Waals surface area (Å²) in [5.74, 6) is -2.26. The number of rotatable bonds is 15. The Balaban J connectivity index is 3.18. The maximum absolute atomic E-state index is 13.9. The molecule has 0 saturated carbocycles. The molecule has 0 bridgehead atoms. The van der Waals surface area contributed by atoms with Crippen LogP contribution in [0.15, 0.2) is 30.3 Å². The summed E-state index contributed by atoms with van der Waals surface area (Å²) in [6.07, 6.45) is 0.250. The molecule has 0 heterocycles. The van der Waals surface area contributed by atoms with Crippen LogP contribution in [0, 0.1) is 11.8 Å². The van der Waals surface area contributed by atoms with Gasteiger partial charge in [-0.25, -0.2) is 0 Å². The van der Waals surface area contributed by atoms with Gasteiger partial charge in [0.05, 0.1) is 12.1 Å². The summed E-state index contributed by atoms with van der Waals surface area (Å²) in [5, 5.41) is 12.5. The first-order valence-electron chi connectivity index (χ1n) is 14.1. The van der Waals surface area contributed by atoms with Crippen molar-refractivity contribution in [2.45, 2.75) is 90.7 Å². The first-order valence-corrected chi connectivity index (χ1v) is 14.1. The minimum Gasteiger partial charge on any atom is -0.391 e. The summed E-state index contributed by atoms with van der Waals surface area (Å²) in [6, 6.07) is 4.58. The predicted octanol–water partition coefficient (Wildman–Crippen LogP) is 0.824. The third-order valence-electron chi connectivity index (χ3n) is 7.34. The van der Waals surface area contributed by atoms with E-state index < -0.39 is 59.9 Å². The molecule has 4 N–H and O–H groups in total. The van der Waals surface area contributed by atoms with Gasteiger partial charge in [-0.3, -0.25) is 19.2 Å². The number of hydrogen-bond acceptors (Lipinski definition) is 7. The lowest BCUT2D eigenvalue weighted by Crippen LogP contribution is -2.60. The smallest absolute Gasteiger partial charge is 0.246 e. The number of hydrogen-bond donors (Lipinski definition) is 3. The second kappa shape index (κ2) is 16.2. The molecule has 0 unspecified atom stereocenters. The van der Waals surface area contributed by atoms with Gasteiger partial charge in [-0.15, -0.1) is 0 Å². The lowest BCUT2D eigenvalue weighted by atomic mass is 9.96. The number of nitrogens with zero attached hydrogens (tertiary/aromatic N) is 3. The standard InChI is InChI=1S/C30H49N5O6/c1-18(2)15-24(27(38)32-23(17-36)16-22-13-11-10-12-14-22)34(8)30(41)26(19(3)4)35(9)28(39)20(5)33(7)29(40)25(31)21(6)37/h10-14,17-21,23-26,37H,15-16,31H2,1-9H3,(H,32,38)/t20-,21+,23-,24-,25-,26-/m0/s1. The number of nitrogens with one attached hydrogen (secondary N) is 1. The summed E-state index contributed by atoms with van der Waals surface area (Å²) in [7, 11) is 4.43. The number of nitrogens with two attached hydrogens (primary N) is 1. The highest BCUT2D eigenvalue weighted by Gasteiger charge is 2.39. The second-order valence-electron chi connectivity index (χ2n) is 11.6. The molecule has 0 aliphatic carbocycles. The zero-order valence-electron chi connectivity index (χ0n) is 25.9. The van der Waals surface area contributed by atoms with Gasteiger partial charge in [0.25, 0.3) is 0 Å². The van der Waals surface area contributed by atoms with E-state index in [9.17, 15) is 29.1 Å². The summed E-state index contributed by atoms with van der Waals surface area (Å²) < 4.78 is 0. The fourth-order valence-corrected chi connectivity index (χ4v) is 4.66. The van der Waals surface area contributed by atoms with Gasteiger partial charge in [0.15, 0.2) is 0 Å². The minimum absolute atomic E-state index is 0.0551. The first-order chi connectivity index (χ1) is 19.0. The highest BCUT2D eigenvalue weighted by molar-refractivity contribution is 5.95. The maximum Gasteiger partial charge on any atom is 0.246 e. The lowest BCUT2D eigenvalue weighted by molar-refractivity contribution is -0.153. The van der Waals surface area contributed by atoms with Crippen LogP contribution in [0.3, 0.4) is 0 Å². The third-order valence-corrected chi connectivity index (χ3v) is 7.34. The molecule has 1 aromatic rings. The molecule has 41 heavy (non-hydrogen) atoms. The summed E-state index contributed by atoms with van der Waals surface area (Å²) >= 11 is 0. The normalized spacial score (nSPS) is 15.7. The van der Waals surface area contributed by atoms with Crippen molar-refractivity contribution in [3.05, 3.63) is 35.9 Å². The molecule has 230 valence electrons. The van der Waals surface area contributed by atoms with E-state index in [-0.39, 0.29) is 11.8 Å². The second-order valence-corrected chi connectivity index (χ2v) is 11.6. The Labute approximate surface area is 244 Å². The van der Waals surface area contributed by atoms with Gasteiger partial charge < -0.3 is 35.7 Å². The molecule has 11 nitrogen and oxygen atoms in total. The fourth-order valence-electron chi connectivity index (χ4n) is 4.66. The molecule has 0 saturated heterocycles. The van der Waals surface area contributed by atoms with Gasteiger partial charge in [0.2, 0.25) is 23.6 Å². The highest BCUT2D eigenvalue weighted by atomic mass is 16.3. The van der Waals surface area contributed by atoms with Crippen LogP contribution in [-0.4, -0.2) is 107 Å². The van der Waals surface area contributed by atoms with Crippen molar-refractivity contribution in [1.82, 2.24) is 20.0 Å². The van der Waals surface area contributed by atoms with E-state index >= 15 is 0 Å². The fraction of sp³-hybridized carbons (Fsp3) is 0.633. The third kappa shape index (κ3) is 9.93. The van der Waals surface area contributed by atoms with E-state index in [4.69, 9.17) is 5.73 Å². The average Bonchev–Trinajstić information content (AvgIpc) is 2.92. The largest absolute Gasteiger partial charge is 0.391 e. The molecule has 1 rings (SSSR count). The van der Waals surface area contributed by atoms with Crippen molar-refractivity contribution < 1.29 is 29.1 Å². The SMILES string of the molecule is CC(C)C[C@@H](C(=O)N[C@H](C=O)Cc1ccccc1)N(C)C(=O)[C@H](C(C)C)N(C)C(=O)[C@H](C)N(C)C(=O)[C@@H](N)[C@@H](C)O. The minimum atomic E-state index is -1.19. The number of benzene rings is 1. The molecular formula is C30H49N5O6. The van der Waals surface area contributed by atoms with Gasteiger partial charge in [-0.1, -0.05) is 58.0 Å². The van der Waals surface area contributed by atoms with Crippen molar-refractivity contribution in [3.8, 4) is 0 Å². The van der Waals surface area contributed by atoms with E-state index in [0.717, 1.165) is 10.5 Å². The molecule has 0 radical (unpaired) electrons. The Kier molecular flexibility index (Phi) is 14.1. The molecule has 11 heteroatoms. The van der Waals surface area contributed by atoms with Crippen LogP contribution in [-0.2, 0) is 30.4 Å². The summed E-state index contributed by atoms with van der Waals surface area (Å²) in [6.45, 7) is 10.4. The van der Waals surface area contributed by atoms with Crippen molar-refractivity contribution >= 4 is 29.9 Å². The topological polar surface area (TPSA) is 153 Å². The van der Waals surface area contributed by atoms with Crippen molar-refractivity contribution in [2.24, 2.45) is 17.6 Å². The van der Waals surface area contributed by atoms with Crippen molar-refractivity contribution in [2.75, 3.05) is 21.1 Å².